The van der Waals surface area contributed by atoms with Crippen molar-refractivity contribution in [3.63, 3.8) is 0 Å². The van der Waals surface area contributed by atoms with Crippen LogP contribution in [-0.2, 0) is 10.0 Å². The average molecular weight is 539 g/mol. The number of carbonyl (C=O) groups is 1. The molecule has 10 nitrogen and oxygen atoms in total. The minimum atomic E-state index is -4.26. The van der Waals surface area contributed by atoms with Crippen molar-refractivity contribution in [3.05, 3.63) is 54.1 Å². The van der Waals surface area contributed by atoms with Gasteiger partial charge in [-0.2, -0.15) is 8.42 Å². The molecule has 1 saturated heterocycles. The number of ether oxygens (including phenoxy) is 1. The van der Waals surface area contributed by atoms with Crippen LogP contribution in [0.1, 0.15) is 51.4 Å². The van der Waals surface area contributed by atoms with Crippen molar-refractivity contribution in [2.75, 3.05) is 23.8 Å². The number of anilines is 2. The Hall–Kier alpha value is -3.73. The van der Waals surface area contributed by atoms with Crippen LogP contribution in [-0.4, -0.2) is 48.0 Å². The van der Waals surface area contributed by atoms with Gasteiger partial charge in [0.1, 0.15) is 11.6 Å². The summed E-state index contributed by atoms with van der Waals surface area (Å²) in [4.78, 5) is 28.7. The summed E-state index contributed by atoms with van der Waals surface area (Å²) >= 11 is 0. The van der Waals surface area contributed by atoms with Crippen molar-refractivity contribution < 1.29 is 17.9 Å². The van der Waals surface area contributed by atoms with Crippen LogP contribution in [0.5, 0.6) is 5.88 Å². The van der Waals surface area contributed by atoms with Gasteiger partial charge in [0.25, 0.3) is 15.9 Å². The van der Waals surface area contributed by atoms with Gasteiger partial charge in [-0.25, -0.2) is 19.7 Å². The van der Waals surface area contributed by atoms with Gasteiger partial charge in [0.05, 0.1) is 23.6 Å². The van der Waals surface area contributed by atoms with Crippen LogP contribution in [0.15, 0.2) is 53.6 Å². The molecule has 1 amide bonds. The molecule has 0 bridgehead atoms. The van der Waals surface area contributed by atoms with Crippen molar-refractivity contribution >= 4 is 27.6 Å². The molecule has 202 valence electrons. The topological polar surface area (TPSA) is 140 Å². The minimum absolute atomic E-state index is 0.0342. The van der Waals surface area contributed by atoms with Crippen molar-refractivity contribution in [3.8, 4) is 17.3 Å². The summed E-state index contributed by atoms with van der Waals surface area (Å²) in [5.41, 5.74) is 6.60. The maximum atomic E-state index is 13.4. The average Bonchev–Trinajstić information content (AvgIpc) is 3.13. The van der Waals surface area contributed by atoms with Gasteiger partial charge in [-0.1, -0.05) is 32.9 Å². The van der Waals surface area contributed by atoms with E-state index in [1.807, 2.05) is 12.1 Å². The number of aromatic nitrogens is 3. The van der Waals surface area contributed by atoms with Gasteiger partial charge in [-0.05, 0) is 62.4 Å². The number of nitrogen functional groups attached to an aromatic ring is 1. The predicted molar refractivity (Wildman–Crippen MR) is 146 cm³/mol. The highest BCUT2D eigenvalue weighted by Gasteiger charge is 2.39. The normalized spacial score (nSPS) is 17.0. The van der Waals surface area contributed by atoms with Crippen LogP contribution in [0.2, 0.25) is 0 Å². The Labute approximate surface area is 223 Å². The van der Waals surface area contributed by atoms with Gasteiger partial charge in [-0.3, -0.25) is 4.79 Å². The molecule has 0 saturated carbocycles. The molecular formula is C27H34N6O4S. The number of amides is 1. The zero-order valence-electron chi connectivity index (χ0n) is 22.3. The lowest BCUT2D eigenvalue weighted by atomic mass is 9.97. The molecule has 3 N–H and O–H groups in total. The smallest absolute Gasteiger partial charge is 0.281 e. The van der Waals surface area contributed by atoms with Crippen molar-refractivity contribution in [2.24, 2.45) is 11.8 Å². The number of hydrogen-bond donors (Lipinski definition) is 2. The largest absolute Gasteiger partial charge is 0.477 e. The Kier molecular flexibility index (Phi) is 7.59. The molecule has 3 aromatic rings. The molecule has 1 fully saturated rings. The molecule has 3 aromatic heterocycles. The van der Waals surface area contributed by atoms with E-state index in [9.17, 15) is 13.2 Å². The number of rotatable bonds is 8. The first kappa shape index (κ1) is 27.3. The number of nitrogens with zero attached hydrogens (tertiary/aromatic N) is 4. The summed E-state index contributed by atoms with van der Waals surface area (Å²) in [7, 11) is -4.26. The van der Waals surface area contributed by atoms with E-state index in [1.54, 1.807) is 18.2 Å². The Morgan fingerprint density at radius 1 is 1.11 bits per heavy atom. The predicted octanol–water partition coefficient (Wildman–Crippen LogP) is 3.90. The molecule has 0 aromatic carbocycles. The van der Waals surface area contributed by atoms with Crippen LogP contribution in [0.25, 0.3) is 11.4 Å². The Morgan fingerprint density at radius 2 is 1.82 bits per heavy atom. The molecule has 4 heterocycles. The van der Waals surface area contributed by atoms with Crippen LogP contribution in [0, 0.1) is 11.8 Å². The Morgan fingerprint density at radius 3 is 2.47 bits per heavy atom. The monoisotopic (exact) mass is 538 g/mol. The molecule has 4 rings (SSSR count). The number of carbonyl (C=O) groups excluding carboxylic acids is 1. The van der Waals surface area contributed by atoms with E-state index < -0.39 is 15.9 Å². The van der Waals surface area contributed by atoms with E-state index in [-0.39, 0.29) is 21.9 Å². The molecule has 1 aliphatic heterocycles. The molecule has 0 spiro atoms. The van der Waals surface area contributed by atoms with E-state index in [2.05, 4.69) is 54.2 Å². The lowest BCUT2D eigenvalue weighted by Gasteiger charge is -2.34. The quantitative estimate of drug-likeness (QED) is 0.437. The van der Waals surface area contributed by atoms with Crippen molar-refractivity contribution in [1.29, 1.82) is 0 Å². The van der Waals surface area contributed by atoms with E-state index in [0.29, 0.717) is 48.1 Å². The third-order valence-electron chi connectivity index (χ3n) is 6.25. The number of pyridine rings is 3. The zero-order chi connectivity index (χ0) is 27.7. The van der Waals surface area contributed by atoms with Gasteiger partial charge in [0, 0.05) is 18.2 Å². The SMILES string of the molecule is CC(C)COc1cccc(-c2ccc(C(=O)NS(=O)(=O)c3cccc(N)n3)c(N3CC(C)CC3(C)C)n2)n1. The van der Waals surface area contributed by atoms with Crippen LogP contribution in [0.4, 0.5) is 11.6 Å². The van der Waals surface area contributed by atoms with Crippen LogP contribution < -0.4 is 20.1 Å². The van der Waals surface area contributed by atoms with Crippen LogP contribution >= 0.6 is 0 Å². The van der Waals surface area contributed by atoms with E-state index in [4.69, 9.17) is 15.5 Å². The van der Waals surface area contributed by atoms with Gasteiger partial charge in [0.15, 0.2) is 5.03 Å². The van der Waals surface area contributed by atoms with Gasteiger partial charge in [-0.15, -0.1) is 0 Å². The number of sulfonamides is 1. The summed E-state index contributed by atoms with van der Waals surface area (Å²) in [6.45, 7) is 11.6. The first-order valence-electron chi connectivity index (χ1n) is 12.5. The minimum Gasteiger partial charge on any atom is -0.477 e. The molecule has 0 aliphatic carbocycles. The van der Waals surface area contributed by atoms with Gasteiger partial charge < -0.3 is 15.4 Å². The molecule has 1 aliphatic rings. The summed E-state index contributed by atoms with van der Waals surface area (Å²) in [5, 5.41) is -0.338. The molecule has 0 radical (unpaired) electrons. The molecule has 1 unspecified atom stereocenters. The second-order valence-electron chi connectivity index (χ2n) is 10.7. The lowest BCUT2D eigenvalue weighted by molar-refractivity contribution is 0.0981. The summed E-state index contributed by atoms with van der Waals surface area (Å²) in [5.74, 6) is 0.809. The molecule has 11 heteroatoms. The lowest BCUT2D eigenvalue weighted by Crippen LogP contribution is -2.41. The van der Waals surface area contributed by atoms with Crippen molar-refractivity contribution in [1.82, 2.24) is 19.7 Å². The highest BCUT2D eigenvalue weighted by atomic mass is 32.2. The fourth-order valence-corrected chi connectivity index (χ4v) is 5.58. The first-order chi connectivity index (χ1) is 17.9. The highest BCUT2D eigenvalue weighted by molar-refractivity contribution is 7.90. The van der Waals surface area contributed by atoms with E-state index in [0.717, 1.165) is 6.42 Å². The second-order valence-corrected chi connectivity index (χ2v) is 12.3. The second kappa shape index (κ2) is 10.6. The third kappa shape index (κ3) is 6.04. The van der Waals surface area contributed by atoms with Gasteiger partial charge in [0.2, 0.25) is 5.88 Å². The summed E-state index contributed by atoms with van der Waals surface area (Å²) in [6.07, 6.45) is 0.891. The highest BCUT2D eigenvalue weighted by Crippen LogP contribution is 2.38. The fourth-order valence-electron chi connectivity index (χ4n) is 4.63. The van der Waals surface area contributed by atoms with E-state index in [1.165, 1.54) is 18.2 Å². The standard InChI is InChI=1S/C27H34N6O4S/c1-17(2)16-37-23-10-6-8-20(29-23)21-13-12-19(25(30-21)33-15-18(3)14-27(33,4)5)26(34)32-38(35,36)24-11-7-9-22(28)31-24/h6-13,17-18H,14-16H2,1-5H3,(H2,28,31)(H,32,34). The Balaban J connectivity index is 1.74. The van der Waals surface area contributed by atoms with Crippen molar-refractivity contribution in [2.45, 2.75) is 51.6 Å². The summed E-state index contributed by atoms with van der Waals surface area (Å²) in [6, 6.07) is 12.9. The maximum absolute atomic E-state index is 13.4. The number of hydrogen-bond acceptors (Lipinski definition) is 9. The number of nitrogens with one attached hydrogen (secondary N) is 1. The molecular weight excluding hydrogens is 504 g/mol. The molecule has 1 atom stereocenters. The first-order valence-corrected chi connectivity index (χ1v) is 14.0. The third-order valence-corrected chi connectivity index (χ3v) is 7.48. The fraction of sp³-hybridized carbons (Fsp3) is 0.407. The summed E-state index contributed by atoms with van der Waals surface area (Å²) < 4.78 is 33.7. The Bertz CT molecular complexity index is 1440. The number of nitrogens with two attached hydrogens (primary N) is 1. The van der Waals surface area contributed by atoms with E-state index >= 15 is 0 Å². The maximum Gasteiger partial charge on any atom is 0.281 e. The molecule has 38 heavy (non-hydrogen) atoms. The van der Waals surface area contributed by atoms with Gasteiger partial charge >= 0.3 is 0 Å². The zero-order valence-corrected chi connectivity index (χ0v) is 23.1. The van der Waals surface area contributed by atoms with Crippen LogP contribution in [0.3, 0.4) is 0 Å².